The van der Waals surface area contributed by atoms with Crippen LogP contribution in [-0.4, -0.2) is 44.8 Å². The van der Waals surface area contributed by atoms with Gasteiger partial charge < -0.3 is 10.2 Å². The van der Waals surface area contributed by atoms with E-state index in [0.29, 0.717) is 37.4 Å². The lowest BCUT2D eigenvalue weighted by Gasteiger charge is -2.35. The van der Waals surface area contributed by atoms with Crippen molar-refractivity contribution in [2.75, 3.05) is 36.4 Å². The molecule has 0 spiro atoms. The van der Waals surface area contributed by atoms with Crippen LogP contribution in [0.2, 0.25) is 0 Å². The number of para-hydroxylation sites is 1. The Morgan fingerprint density at radius 3 is 2.26 bits per heavy atom. The number of sulfonamides is 1. The molecule has 8 heteroatoms. The van der Waals surface area contributed by atoms with Crippen LogP contribution in [-0.2, 0) is 14.8 Å². The van der Waals surface area contributed by atoms with Gasteiger partial charge in [0.2, 0.25) is 15.9 Å². The van der Waals surface area contributed by atoms with E-state index in [4.69, 9.17) is 0 Å². The van der Waals surface area contributed by atoms with Gasteiger partial charge >= 0.3 is 0 Å². The maximum Gasteiger partial charge on any atom is 0.243 e. The lowest BCUT2D eigenvalue weighted by Crippen LogP contribution is -2.48. The highest BCUT2D eigenvalue weighted by Crippen LogP contribution is 2.24. The van der Waals surface area contributed by atoms with E-state index in [1.807, 2.05) is 23.1 Å². The predicted octanol–water partition coefficient (Wildman–Crippen LogP) is 2.03. The monoisotopic (exact) mass is 384 g/mol. The topological polar surface area (TPSA) is 93.5 Å². The fraction of sp³-hybridized carbons (Fsp3) is 0.263. The van der Waals surface area contributed by atoms with Crippen LogP contribution in [0.15, 0.2) is 53.4 Å². The number of hydrogen-bond donors (Lipinski definition) is 1. The maximum atomic E-state index is 12.9. The molecule has 0 saturated carbocycles. The number of nitriles is 1. The minimum atomic E-state index is -3.60. The van der Waals surface area contributed by atoms with E-state index < -0.39 is 10.0 Å². The minimum absolute atomic E-state index is 0.197. The van der Waals surface area contributed by atoms with Crippen molar-refractivity contribution in [3.05, 3.63) is 54.1 Å². The lowest BCUT2D eigenvalue weighted by atomic mass is 10.1. The molecular weight excluding hydrogens is 364 g/mol. The van der Waals surface area contributed by atoms with E-state index in [-0.39, 0.29) is 10.8 Å². The molecule has 2 aromatic rings. The lowest BCUT2D eigenvalue weighted by molar-refractivity contribution is -0.114. The van der Waals surface area contributed by atoms with Gasteiger partial charge in [-0.05, 0) is 36.4 Å². The quantitative estimate of drug-likeness (QED) is 0.871. The molecule has 0 radical (unpaired) electrons. The second kappa shape index (κ2) is 7.78. The first kappa shape index (κ1) is 18.9. The molecule has 140 valence electrons. The second-order valence-corrected chi connectivity index (χ2v) is 8.16. The molecule has 2 aromatic carbocycles. The van der Waals surface area contributed by atoms with Crippen LogP contribution in [0.3, 0.4) is 0 Å². The molecule has 0 atom stereocenters. The molecule has 27 heavy (non-hydrogen) atoms. The van der Waals surface area contributed by atoms with E-state index >= 15 is 0 Å². The molecule has 0 aromatic heterocycles. The Balaban J connectivity index is 1.71. The summed E-state index contributed by atoms with van der Waals surface area (Å²) in [6.45, 7) is 3.11. The SMILES string of the molecule is CC(=O)Nc1ccc(S(=O)(=O)N2CCN(c3ccccc3C#N)CC2)cc1. The first-order chi connectivity index (χ1) is 12.9. The minimum Gasteiger partial charge on any atom is -0.368 e. The standard InChI is InChI=1S/C19H20N4O3S/c1-15(24)21-17-6-8-18(9-7-17)27(25,26)23-12-10-22(11-13-23)19-5-3-2-4-16(19)14-20/h2-9H,10-13H2,1H3,(H,21,24). The van der Waals surface area contributed by atoms with Gasteiger partial charge in [0.25, 0.3) is 0 Å². The molecule has 1 heterocycles. The van der Waals surface area contributed by atoms with Crippen molar-refractivity contribution in [3.63, 3.8) is 0 Å². The Bertz CT molecular complexity index is 973. The summed E-state index contributed by atoms with van der Waals surface area (Å²) in [4.78, 5) is 13.3. The summed E-state index contributed by atoms with van der Waals surface area (Å²) < 4.78 is 27.2. The van der Waals surface area contributed by atoms with E-state index in [1.54, 1.807) is 18.2 Å². The molecule has 3 rings (SSSR count). The largest absolute Gasteiger partial charge is 0.368 e. The third-order valence-corrected chi connectivity index (χ3v) is 6.33. The number of piperazine rings is 1. The van der Waals surface area contributed by atoms with E-state index in [9.17, 15) is 18.5 Å². The summed E-state index contributed by atoms with van der Waals surface area (Å²) in [6, 6.07) is 15.6. The van der Waals surface area contributed by atoms with Gasteiger partial charge in [-0.2, -0.15) is 9.57 Å². The zero-order chi connectivity index (χ0) is 19.4. The van der Waals surface area contributed by atoms with Crippen LogP contribution in [0.1, 0.15) is 12.5 Å². The molecule has 1 amide bonds. The van der Waals surface area contributed by atoms with Gasteiger partial charge in [0, 0.05) is 38.8 Å². The number of nitrogens with one attached hydrogen (secondary N) is 1. The highest BCUT2D eigenvalue weighted by atomic mass is 32.2. The number of benzene rings is 2. The van der Waals surface area contributed by atoms with Gasteiger partial charge in [0.05, 0.1) is 16.1 Å². The Morgan fingerprint density at radius 1 is 1.04 bits per heavy atom. The van der Waals surface area contributed by atoms with Gasteiger partial charge in [-0.3, -0.25) is 4.79 Å². The summed E-state index contributed by atoms with van der Waals surface area (Å²) >= 11 is 0. The summed E-state index contributed by atoms with van der Waals surface area (Å²) in [5.74, 6) is -0.209. The first-order valence-electron chi connectivity index (χ1n) is 8.53. The molecule has 0 bridgehead atoms. The average molecular weight is 384 g/mol. The van der Waals surface area contributed by atoms with Crippen molar-refractivity contribution >= 4 is 27.3 Å². The molecule has 1 aliphatic heterocycles. The van der Waals surface area contributed by atoms with E-state index in [0.717, 1.165) is 5.69 Å². The van der Waals surface area contributed by atoms with Crippen LogP contribution in [0, 0.1) is 11.3 Å². The molecular formula is C19H20N4O3S. The van der Waals surface area contributed by atoms with Crippen molar-refractivity contribution in [3.8, 4) is 6.07 Å². The highest BCUT2D eigenvalue weighted by molar-refractivity contribution is 7.89. The molecule has 1 fully saturated rings. The fourth-order valence-corrected chi connectivity index (χ4v) is 4.50. The molecule has 1 saturated heterocycles. The maximum absolute atomic E-state index is 12.9. The summed E-state index contributed by atoms with van der Waals surface area (Å²) in [6.07, 6.45) is 0. The summed E-state index contributed by atoms with van der Waals surface area (Å²) in [5.41, 5.74) is 1.97. The van der Waals surface area contributed by atoms with Gasteiger partial charge in [-0.1, -0.05) is 12.1 Å². The summed E-state index contributed by atoms with van der Waals surface area (Å²) in [7, 11) is -3.60. The van der Waals surface area contributed by atoms with Crippen LogP contribution in [0.5, 0.6) is 0 Å². The van der Waals surface area contributed by atoms with Gasteiger partial charge in [-0.25, -0.2) is 8.42 Å². The Kier molecular flexibility index (Phi) is 5.44. The van der Waals surface area contributed by atoms with Gasteiger partial charge in [0.15, 0.2) is 0 Å². The summed E-state index contributed by atoms with van der Waals surface area (Å²) in [5, 5.41) is 11.9. The molecule has 0 unspecified atom stereocenters. The van der Waals surface area contributed by atoms with Crippen LogP contribution < -0.4 is 10.2 Å². The van der Waals surface area contributed by atoms with E-state index in [2.05, 4.69) is 11.4 Å². The number of anilines is 2. The Morgan fingerprint density at radius 2 is 1.67 bits per heavy atom. The third kappa shape index (κ3) is 4.10. The molecule has 0 aliphatic carbocycles. The van der Waals surface area contributed by atoms with Gasteiger partial charge in [-0.15, -0.1) is 0 Å². The molecule has 7 nitrogen and oxygen atoms in total. The van der Waals surface area contributed by atoms with Crippen molar-refractivity contribution in [2.45, 2.75) is 11.8 Å². The van der Waals surface area contributed by atoms with Crippen molar-refractivity contribution in [1.29, 1.82) is 5.26 Å². The number of hydrogen-bond acceptors (Lipinski definition) is 5. The van der Waals surface area contributed by atoms with Gasteiger partial charge in [0.1, 0.15) is 6.07 Å². The zero-order valence-electron chi connectivity index (χ0n) is 14.9. The van der Waals surface area contributed by atoms with Crippen molar-refractivity contribution in [2.24, 2.45) is 0 Å². The van der Waals surface area contributed by atoms with Crippen molar-refractivity contribution < 1.29 is 13.2 Å². The number of nitrogens with zero attached hydrogens (tertiary/aromatic N) is 3. The first-order valence-corrected chi connectivity index (χ1v) is 9.98. The number of carbonyl (C=O) groups is 1. The normalized spacial score (nSPS) is 15.2. The molecule has 1 N–H and O–H groups in total. The van der Waals surface area contributed by atoms with Crippen LogP contribution in [0.25, 0.3) is 0 Å². The van der Waals surface area contributed by atoms with Crippen molar-refractivity contribution in [1.82, 2.24) is 4.31 Å². The predicted molar refractivity (Wildman–Crippen MR) is 103 cm³/mol. The number of amides is 1. The van der Waals surface area contributed by atoms with E-state index in [1.165, 1.54) is 23.4 Å². The van der Waals surface area contributed by atoms with Crippen LogP contribution in [0.4, 0.5) is 11.4 Å². The second-order valence-electron chi connectivity index (χ2n) is 6.23. The highest BCUT2D eigenvalue weighted by Gasteiger charge is 2.29. The smallest absolute Gasteiger partial charge is 0.243 e. The van der Waals surface area contributed by atoms with Crippen LogP contribution >= 0.6 is 0 Å². The fourth-order valence-electron chi connectivity index (χ4n) is 3.08. The number of rotatable bonds is 4. The third-order valence-electron chi connectivity index (χ3n) is 4.42. The Labute approximate surface area is 158 Å². The Hall–Kier alpha value is -2.89. The number of carbonyl (C=O) groups excluding carboxylic acids is 1. The zero-order valence-corrected chi connectivity index (χ0v) is 15.7. The average Bonchev–Trinajstić information content (AvgIpc) is 2.68. The molecule has 1 aliphatic rings.